The molecular weight excluding hydrogens is 228 g/mol. The Morgan fingerprint density at radius 1 is 1.53 bits per heavy atom. The molecule has 17 heavy (non-hydrogen) atoms. The predicted molar refractivity (Wildman–Crippen MR) is 75.5 cm³/mol. The van der Waals surface area contributed by atoms with Crippen LogP contribution in [0.3, 0.4) is 0 Å². The van der Waals surface area contributed by atoms with Crippen molar-refractivity contribution in [3.05, 3.63) is 22.4 Å². The number of rotatable bonds is 5. The van der Waals surface area contributed by atoms with Crippen molar-refractivity contribution in [2.45, 2.75) is 51.7 Å². The second-order valence-electron chi connectivity index (χ2n) is 5.13. The number of piperidine rings is 1. The quantitative estimate of drug-likeness (QED) is 0.866. The van der Waals surface area contributed by atoms with Crippen molar-refractivity contribution in [2.75, 3.05) is 13.1 Å². The van der Waals surface area contributed by atoms with Crippen LogP contribution in [0.25, 0.3) is 0 Å². The van der Waals surface area contributed by atoms with Crippen LogP contribution in [0.2, 0.25) is 0 Å². The molecule has 1 aliphatic heterocycles. The Balaban J connectivity index is 1.79. The number of likely N-dealkylation sites (tertiary alicyclic amines) is 1. The van der Waals surface area contributed by atoms with E-state index >= 15 is 0 Å². The number of nitrogens with one attached hydrogen (secondary N) is 1. The van der Waals surface area contributed by atoms with Crippen molar-refractivity contribution in [1.82, 2.24) is 10.2 Å². The molecule has 1 saturated heterocycles. The first-order valence-electron chi connectivity index (χ1n) is 6.78. The van der Waals surface area contributed by atoms with Crippen LogP contribution in [0.4, 0.5) is 0 Å². The maximum atomic E-state index is 3.66. The van der Waals surface area contributed by atoms with Gasteiger partial charge in [-0.05, 0) is 55.1 Å². The van der Waals surface area contributed by atoms with Crippen molar-refractivity contribution in [3.8, 4) is 0 Å². The molecule has 0 saturated carbocycles. The summed E-state index contributed by atoms with van der Waals surface area (Å²) >= 11 is 1.80. The molecule has 0 bridgehead atoms. The van der Waals surface area contributed by atoms with Crippen LogP contribution < -0.4 is 5.32 Å². The highest BCUT2D eigenvalue weighted by molar-refractivity contribution is 7.07. The van der Waals surface area contributed by atoms with Gasteiger partial charge in [0.15, 0.2) is 0 Å². The molecule has 2 atom stereocenters. The number of nitrogens with zero attached hydrogens (tertiary/aromatic N) is 1. The highest BCUT2D eigenvalue weighted by Gasteiger charge is 2.24. The second kappa shape index (κ2) is 6.53. The van der Waals surface area contributed by atoms with E-state index in [0.29, 0.717) is 6.04 Å². The fourth-order valence-electron chi connectivity index (χ4n) is 2.61. The third kappa shape index (κ3) is 3.80. The fourth-order valence-corrected chi connectivity index (χ4v) is 3.27. The molecule has 3 heteroatoms. The average Bonchev–Trinajstić information content (AvgIpc) is 2.82. The summed E-state index contributed by atoms with van der Waals surface area (Å²) in [5.74, 6) is 0. The summed E-state index contributed by atoms with van der Waals surface area (Å²) < 4.78 is 0. The van der Waals surface area contributed by atoms with E-state index in [0.717, 1.165) is 12.6 Å². The molecular formula is C14H24N2S. The van der Waals surface area contributed by atoms with E-state index in [2.05, 4.69) is 40.9 Å². The monoisotopic (exact) mass is 252 g/mol. The van der Waals surface area contributed by atoms with Crippen LogP contribution in [0, 0.1) is 0 Å². The van der Waals surface area contributed by atoms with Crippen molar-refractivity contribution < 1.29 is 0 Å². The molecule has 1 aromatic heterocycles. The highest BCUT2D eigenvalue weighted by atomic mass is 32.1. The summed E-state index contributed by atoms with van der Waals surface area (Å²) in [7, 11) is 0. The second-order valence-corrected chi connectivity index (χ2v) is 5.91. The molecule has 0 radical (unpaired) electrons. The Bertz CT molecular complexity index is 310. The molecule has 2 heterocycles. The van der Waals surface area contributed by atoms with Crippen molar-refractivity contribution >= 4 is 11.3 Å². The highest BCUT2D eigenvalue weighted by Crippen LogP contribution is 2.20. The minimum atomic E-state index is 0.706. The lowest BCUT2D eigenvalue weighted by molar-refractivity contribution is 0.129. The van der Waals surface area contributed by atoms with Gasteiger partial charge in [-0.3, -0.25) is 4.90 Å². The molecule has 0 aliphatic carbocycles. The van der Waals surface area contributed by atoms with Crippen molar-refractivity contribution in [1.29, 1.82) is 0 Å². The van der Waals surface area contributed by atoms with Gasteiger partial charge in [0.2, 0.25) is 0 Å². The third-order valence-electron chi connectivity index (χ3n) is 3.66. The maximum Gasteiger partial charge on any atom is 0.0244 e. The molecule has 1 aromatic rings. The van der Waals surface area contributed by atoms with Crippen molar-refractivity contribution in [2.24, 2.45) is 0 Å². The number of hydrogen-bond acceptors (Lipinski definition) is 3. The molecule has 2 unspecified atom stereocenters. The van der Waals surface area contributed by atoms with Crippen molar-refractivity contribution in [3.63, 3.8) is 0 Å². The maximum absolute atomic E-state index is 3.66. The van der Waals surface area contributed by atoms with Crippen LogP contribution >= 0.6 is 11.3 Å². The molecule has 2 nitrogen and oxygen atoms in total. The van der Waals surface area contributed by atoms with Crippen LogP contribution in [-0.4, -0.2) is 30.1 Å². The molecule has 0 aromatic carbocycles. The number of hydrogen-bond donors (Lipinski definition) is 1. The van der Waals surface area contributed by atoms with Gasteiger partial charge < -0.3 is 5.32 Å². The van der Waals surface area contributed by atoms with Crippen LogP contribution in [0.15, 0.2) is 16.8 Å². The van der Waals surface area contributed by atoms with Gasteiger partial charge in [0.05, 0.1) is 0 Å². The topological polar surface area (TPSA) is 15.3 Å². The average molecular weight is 252 g/mol. The molecule has 0 spiro atoms. The van der Waals surface area contributed by atoms with E-state index in [-0.39, 0.29) is 0 Å². The Kier molecular flexibility index (Phi) is 5.01. The van der Waals surface area contributed by atoms with Gasteiger partial charge in [0.25, 0.3) is 0 Å². The summed E-state index contributed by atoms with van der Waals surface area (Å²) in [6.07, 6.45) is 3.84. The Hall–Kier alpha value is -0.380. The normalized spacial score (nSPS) is 26.2. The standard InChI is InChI=1S/C14H24N2S/c1-3-6-15-14-4-7-16(12(2)9-14)10-13-5-8-17-11-13/h5,8,11-12,14-15H,3-4,6-7,9-10H2,1-2H3. The zero-order valence-corrected chi connectivity index (χ0v) is 11.8. The first kappa shape index (κ1) is 13.1. The molecule has 1 aliphatic rings. The predicted octanol–water partition coefficient (Wildman–Crippen LogP) is 3.10. The van der Waals surface area contributed by atoms with Gasteiger partial charge in [0, 0.05) is 25.2 Å². The molecule has 0 amide bonds. The summed E-state index contributed by atoms with van der Waals surface area (Å²) in [6, 6.07) is 3.69. The van der Waals surface area contributed by atoms with Gasteiger partial charge in [-0.1, -0.05) is 6.92 Å². The third-order valence-corrected chi connectivity index (χ3v) is 4.39. The molecule has 1 fully saturated rings. The van der Waals surface area contributed by atoms with E-state index < -0.39 is 0 Å². The zero-order chi connectivity index (χ0) is 12.1. The van der Waals surface area contributed by atoms with Crippen LogP contribution in [0.1, 0.15) is 38.7 Å². The lowest BCUT2D eigenvalue weighted by atomic mass is 9.97. The Morgan fingerprint density at radius 2 is 2.41 bits per heavy atom. The Morgan fingerprint density at radius 3 is 3.06 bits per heavy atom. The summed E-state index contributed by atoms with van der Waals surface area (Å²) in [6.45, 7) is 8.14. The minimum Gasteiger partial charge on any atom is -0.314 e. The van der Waals surface area contributed by atoms with E-state index in [1.165, 1.54) is 37.9 Å². The summed E-state index contributed by atoms with van der Waals surface area (Å²) in [4.78, 5) is 2.62. The summed E-state index contributed by atoms with van der Waals surface area (Å²) in [5, 5.41) is 8.10. The first-order valence-corrected chi connectivity index (χ1v) is 7.72. The van der Waals surface area contributed by atoms with Gasteiger partial charge in [-0.2, -0.15) is 11.3 Å². The molecule has 1 N–H and O–H groups in total. The largest absolute Gasteiger partial charge is 0.314 e. The smallest absolute Gasteiger partial charge is 0.0244 e. The SMILES string of the molecule is CCCNC1CCN(Cc2ccsc2)C(C)C1. The van der Waals surface area contributed by atoms with Gasteiger partial charge >= 0.3 is 0 Å². The van der Waals surface area contributed by atoms with E-state index in [9.17, 15) is 0 Å². The fraction of sp³-hybridized carbons (Fsp3) is 0.714. The minimum absolute atomic E-state index is 0.706. The van der Waals surface area contributed by atoms with Gasteiger partial charge in [-0.15, -0.1) is 0 Å². The molecule has 2 rings (SSSR count). The summed E-state index contributed by atoms with van der Waals surface area (Å²) in [5.41, 5.74) is 1.47. The van der Waals surface area contributed by atoms with Gasteiger partial charge in [-0.25, -0.2) is 0 Å². The van der Waals surface area contributed by atoms with Crippen LogP contribution in [-0.2, 0) is 6.54 Å². The van der Waals surface area contributed by atoms with E-state index in [1.54, 1.807) is 11.3 Å². The van der Waals surface area contributed by atoms with E-state index in [4.69, 9.17) is 0 Å². The molecule has 96 valence electrons. The lowest BCUT2D eigenvalue weighted by Gasteiger charge is -2.38. The lowest BCUT2D eigenvalue weighted by Crippen LogP contribution is -2.47. The van der Waals surface area contributed by atoms with Gasteiger partial charge in [0.1, 0.15) is 0 Å². The zero-order valence-electron chi connectivity index (χ0n) is 11.0. The van der Waals surface area contributed by atoms with E-state index in [1.807, 2.05) is 0 Å². The first-order chi connectivity index (χ1) is 8.29. The Labute approximate surface area is 109 Å². The van der Waals surface area contributed by atoms with Crippen LogP contribution in [0.5, 0.6) is 0 Å². The number of thiophene rings is 1.